The second kappa shape index (κ2) is 7.04. The van der Waals surface area contributed by atoms with Crippen molar-refractivity contribution in [2.45, 2.75) is 31.4 Å². The Labute approximate surface area is 132 Å². The Kier molecular flexibility index (Phi) is 5.36. The number of methoxy groups -OCH3 is 1. The molecule has 1 aliphatic rings. The van der Waals surface area contributed by atoms with Crippen molar-refractivity contribution in [1.29, 1.82) is 0 Å². The minimum Gasteiger partial charge on any atom is -0.480 e. The Morgan fingerprint density at radius 1 is 1.43 bits per heavy atom. The number of likely N-dealkylation sites (tertiary alicyclic amines) is 1. The largest absolute Gasteiger partial charge is 0.480 e. The lowest BCUT2D eigenvalue weighted by molar-refractivity contribution is -0.148. The van der Waals surface area contributed by atoms with E-state index < -0.39 is 12.0 Å². The first kappa shape index (κ1) is 16.0. The predicted octanol–water partition coefficient (Wildman–Crippen LogP) is 2.08. The average molecular weight is 356 g/mol. The van der Waals surface area contributed by atoms with E-state index in [1.54, 1.807) is 7.11 Å². The SMILES string of the molecule is COC1CC(C(=O)O)N(C(=O)CCc2ccccc2Br)C1. The topological polar surface area (TPSA) is 66.8 Å². The fraction of sp³-hybridized carbons (Fsp3) is 0.467. The Morgan fingerprint density at radius 3 is 2.76 bits per heavy atom. The normalized spacial score (nSPS) is 21.5. The fourth-order valence-electron chi connectivity index (χ4n) is 2.56. The van der Waals surface area contributed by atoms with E-state index >= 15 is 0 Å². The lowest BCUT2D eigenvalue weighted by atomic mass is 10.1. The van der Waals surface area contributed by atoms with Crippen LogP contribution in [-0.2, 0) is 20.7 Å². The van der Waals surface area contributed by atoms with Gasteiger partial charge in [0.2, 0.25) is 5.91 Å². The summed E-state index contributed by atoms with van der Waals surface area (Å²) in [6, 6.07) is 6.94. The molecule has 21 heavy (non-hydrogen) atoms. The van der Waals surface area contributed by atoms with E-state index in [2.05, 4.69) is 15.9 Å². The van der Waals surface area contributed by atoms with E-state index in [0.717, 1.165) is 10.0 Å². The summed E-state index contributed by atoms with van der Waals surface area (Å²) in [5.74, 6) is -1.11. The first-order chi connectivity index (χ1) is 10.0. The van der Waals surface area contributed by atoms with Gasteiger partial charge < -0.3 is 14.7 Å². The molecular weight excluding hydrogens is 338 g/mol. The van der Waals surface area contributed by atoms with E-state index in [4.69, 9.17) is 4.74 Å². The highest BCUT2D eigenvalue weighted by molar-refractivity contribution is 9.10. The van der Waals surface area contributed by atoms with Gasteiger partial charge in [-0.2, -0.15) is 0 Å². The molecule has 0 spiro atoms. The zero-order valence-electron chi connectivity index (χ0n) is 11.8. The smallest absolute Gasteiger partial charge is 0.326 e. The van der Waals surface area contributed by atoms with Crippen LogP contribution in [0.2, 0.25) is 0 Å². The summed E-state index contributed by atoms with van der Waals surface area (Å²) in [5, 5.41) is 9.22. The number of hydrogen-bond acceptors (Lipinski definition) is 3. The second-order valence-electron chi connectivity index (χ2n) is 5.08. The Bertz CT molecular complexity index is 534. The van der Waals surface area contributed by atoms with Gasteiger partial charge in [-0.3, -0.25) is 4.79 Å². The monoisotopic (exact) mass is 355 g/mol. The molecule has 6 heteroatoms. The Hall–Kier alpha value is -1.40. The molecule has 0 radical (unpaired) electrons. The zero-order valence-corrected chi connectivity index (χ0v) is 13.4. The molecule has 1 fully saturated rings. The Morgan fingerprint density at radius 2 is 2.14 bits per heavy atom. The molecule has 0 saturated carbocycles. The highest BCUT2D eigenvalue weighted by Crippen LogP contribution is 2.23. The van der Waals surface area contributed by atoms with Crippen LogP contribution in [0.1, 0.15) is 18.4 Å². The third-order valence-electron chi connectivity index (χ3n) is 3.77. The summed E-state index contributed by atoms with van der Waals surface area (Å²) >= 11 is 3.45. The number of nitrogens with zero attached hydrogens (tertiary/aromatic N) is 1. The molecule has 0 aliphatic carbocycles. The van der Waals surface area contributed by atoms with Crippen molar-refractivity contribution in [3.05, 3.63) is 34.3 Å². The van der Waals surface area contributed by atoms with E-state index in [0.29, 0.717) is 25.8 Å². The maximum Gasteiger partial charge on any atom is 0.326 e. The molecule has 0 bridgehead atoms. The maximum atomic E-state index is 12.3. The van der Waals surface area contributed by atoms with E-state index in [1.807, 2.05) is 24.3 Å². The van der Waals surface area contributed by atoms with Gasteiger partial charge in [-0.15, -0.1) is 0 Å². The lowest BCUT2D eigenvalue weighted by Crippen LogP contribution is -2.40. The second-order valence-corrected chi connectivity index (χ2v) is 5.94. The number of carbonyl (C=O) groups is 2. The number of amides is 1. The molecule has 114 valence electrons. The van der Waals surface area contributed by atoms with Crippen LogP contribution in [-0.4, -0.2) is 47.7 Å². The molecule has 1 aromatic rings. The minimum atomic E-state index is -0.969. The number of carboxylic acid groups (broad SMARTS) is 1. The van der Waals surface area contributed by atoms with Gasteiger partial charge in [0.1, 0.15) is 6.04 Å². The van der Waals surface area contributed by atoms with Crippen molar-refractivity contribution >= 4 is 27.8 Å². The van der Waals surface area contributed by atoms with Gasteiger partial charge >= 0.3 is 5.97 Å². The number of halogens is 1. The van der Waals surface area contributed by atoms with Crippen molar-refractivity contribution in [1.82, 2.24) is 4.90 Å². The van der Waals surface area contributed by atoms with E-state index in [-0.39, 0.29) is 12.0 Å². The molecule has 1 saturated heterocycles. The van der Waals surface area contributed by atoms with Gasteiger partial charge in [0.25, 0.3) is 0 Å². The van der Waals surface area contributed by atoms with Gasteiger partial charge in [0, 0.05) is 31.0 Å². The number of hydrogen-bond donors (Lipinski definition) is 1. The molecular formula is C15H18BrNO4. The molecule has 1 amide bonds. The predicted molar refractivity (Wildman–Crippen MR) is 81.0 cm³/mol. The first-order valence-electron chi connectivity index (χ1n) is 6.81. The van der Waals surface area contributed by atoms with Crippen molar-refractivity contribution < 1.29 is 19.4 Å². The van der Waals surface area contributed by atoms with Crippen LogP contribution in [0.15, 0.2) is 28.7 Å². The van der Waals surface area contributed by atoms with Crippen LogP contribution in [0.25, 0.3) is 0 Å². The highest BCUT2D eigenvalue weighted by Gasteiger charge is 2.39. The van der Waals surface area contributed by atoms with Gasteiger partial charge in [-0.05, 0) is 18.1 Å². The van der Waals surface area contributed by atoms with Gasteiger partial charge in [0.05, 0.1) is 6.10 Å². The lowest BCUT2D eigenvalue weighted by Gasteiger charge is -2.21. The molecule has 1 aliphatic heterocycles. The van der Waals surface area contributed by atoms with Crippen LogP contribution in [0.4, 0.5) is 0 Å². The quantitative estimate of drug-likeness (QED) is 0.877. The fourth-order valence-corrected chi connectivity index (χ4v) is 3.05. The van der Waals surface area contributed by atoms with Crippen molar-refractivity contribution in [3.8, 4) is 0 Å². The molecule has 5 nitrogen and oxygen atoms in total. The minimum absolute atomic E-state index is 0.141. The molecule has 1 aromatic carbocycles. The van der Waals surface area contributed by atoms with Gasteiger partial charge in [0.15, 0.2) is 0 Å². The van der Waals surface area contributed by atoms with Gasteiger partial charge in [-0.25, -0.2) is 4.79 Å². The molecule has 2 atom stereocenters. The van der Waals surface area contributed by atoms with Crippen molar-refractivity contribution in [2.75, 3.05) is 13.7 Å². The standard InChI is InChI=1S/C15H18BrNO4/c1-21-11-8-13(15(19)20)17(9-11)14(18)7-6-10-4-2-3-5-12(10)16/h2-5,11,13H,6-9H2,1H3,(H,19,20). The number of rotatable bonds is 5. The number of carbonyl (C=O) groups excluding carboxylic acids is 1. The Balaban J connectivity index is 1.99. The maximum absolute atomic E-state index is 12.3. The molecule has 2 unspecified atom stereocenters. The van der Waals surface area contributed by atoms with E-state index in [9.17, 15) is 14.7 Å². The zero-order chi connectivity index (χ0) is 15.4. The van der Waals surface area contributed by atoms with Crippen LogP contribution in [0.5, 0.6) is 0 Å². The molecule has 0 aromatic heterocycles. The number of ether oxygens (including phenoxy) is 1. The molecule has 2 rings (SSSR count). The number of benzene rings is 1. The van der Waals surface area contributed by atoms with Crippen LogP contribution >= 0.6 is 15.9 Å². The average Bonchev–Trinajstić information content (AvgIpc) is 2.90. The first-order valence-corrected chi connectivity index (χ1v) is 7.60. The number of carboxylic acids is 1. The summed E-state index contributed by atoms with van der Waals surface area (Å²) in [6.45, 7) is 0.349. The molecule has 1 heterocycles. The van der Waals surface area contributed by atoms with Crippen LogP contribution in [0.3, 0.4) is 0 Å². The summed E-state index contributed by atoms with van der Waals surface area (Å²) < 4.78 is 6.15. The van der Waals surface area contributed by atoms with Crippen molar-refractivity contribution in [3.63, 3.8) is 0 Å². The third-order valence-corrected chi connectivity index (χ3v) is 4.54. The molecule has 1 N–H and O–H groups in total. The summed E-state index contributed by atoms with van der Waals surface area (Å²) in [5.41, 5.74) is 1.04. The van der Waals surface area contributed by atoms with E-state index in [1.165, 1.54) is 4.90 Å². The van der Waals surface area contributed by atoms with Crippen LogP contribution in [0, 0.1) is 0 Å². The summed E-state index contributed by atoms with van der Waals surface area (Å²) in [4.78, 5) is 25.0. The third kappa shape index (κ3) is 3.83. The van der Waals surface area contributed by atoms with Gasteiger partial charge in [-0.1, -0.05) is 34.1 Å². The summed E-state index contributed by atoms with van der Waals surface area (Å²) in [7, 11) is 1.54. The van der Waals surface area contributed by atoms with Crippen LogP contribution < -0.4 is 0 Å². The summed E-state index contributed by atoms with van der Waals surface area (Å²) in [6.07, 6.45) is 1.04. The number of aryl methyl sites for hydroxylation is 1. The highest BCUT2D eigenvalue weighted by atomic mass is 79.9. The number of aliphatic carboxylic acids is 1. The van der Waals surface area contributed by atoms with Crippen molar-refractivity contribution in [2.24, 2.45) is 0 Å².